The van der Waals surface area contributed by atoms with Crippen LogP contribution < -0.4 is 30.7 Å². The number of likely N-dealkylation sites (N-methyl/N-ethyl adjacent to an activating group) is 4. The third-order valence-electron chi connectivity index (χ3n) is 18.4. The van der Waals surface area contributed by atoms with Crippen LogP contribution in [0.1, 0.15) is 88.2 Å². The number of amides is 10. The standard InChI is InChI=1S/C68H84N16O22/c1-33-21-37(33)63(95)105-47-17-19-73-83-53(47)59(91)71-27-49(85)79(7)29-51(87)81(9)56(68(5,6)100)66(98)104-32-46(78-58(90)44-26-70-42-24-36(102-12)14-16-40(42)76-44)62(94)84-54(48(18-20-74-84)106-64(96)38-22-34(38)2)60(92)72-28-50(86)80(8)30-52(88)82(10)55(67(3,4)99)65(97)103-31-45(61(83)93)77-57(89)43-25-69-41-23-35(101-11)13-15-39(41)75-43/h13-16,19-20,23-26,33-34,37-38,45-48,53-56,99-100H,17-18,21-22,27-32H2,1-12H3,(H,71,91)(H,72,92)(H,77,89)(H,78,90). The molecule has 3 aliphatic heterocycles. The van der Waals surface area contributed by atoms with Crippen molar-refractivity contribution >= 4 is 117 Å². The number of cyclic esters (lactones) is 2. The summed E-state index contributed by atoms with van der Waals surface area (Å²) in [5, 5.41) is 42.2. The maximum absolute atomic E-state index is 15.2. The maximum atomic E-state index is 15.2. The Kier molecular flexibility index (Phi) is 24.3. The topological polar surface area (TPSA) is 479 Å². The number of nitrogens with one attached hydrogen (secondary N) is 4. The highest BCUT2D eigenvalue weighted by Gasteiger charge is 2.51. The van der Waals surface area contributed by atoms with Gasteiger partial charge in [-0.05, 0) is 76.6 Å². The molecule has 4 aromatic rings. The Morgan fingerprint density at radius 2 is 0.906 bits per heavy atom. The molecule has 0 spiro atoms. The van der Waals surface area contributed by atoms with Gasteiger partial charge in [-0.2, -0.15) is 10.2 Å². The second-order valence-corrected chi connectivity index (χ2v) is 27.5. The van der Waals surface area contributed by atoms with Gasteiger partial charge in [0.25, 0.3) is 23.6 Å². The molecule has 12 unspecified atom stereocenters. The first-order valence-electron chi connectivity index (χ1n) is 33.7. The molecular weight excluding hydrogens is 1390 g/mol. The van der Waals surface area contributed by atoms with Gasteiger partial charge in [0.15, 0.2) is 24.2 Å². The van der Waals surface area contributed by atoms with Crippen molar-refractivity contribution in [2.24, 2.45) is 33.9 Å². The monoisotopic (exact) mass is 1480 g/mol. The van der Waals surface area contributed by atoms with Gasteiger partial charge < -0.3 is 79.5 Å². The Hall–Kier alpha value is -11.4. The molecule has 2 aromatic carbocycles. The van der Waals surface area contributed by atoms with Gasteiger partial charge in [-0.25, -0.2) is 29.6 Å². The van der Waals surface area contributed by atoms with Crippen molar-refractivity contribution in [1.29, 1.82) is 0 Å². The molecule has 568 valence electrons. The smallest absolute Gasteiger partial charge is 0.331 e. The van der Waals surface area contributed by atoms with Crippen molar-refractivity contribution in [1.82, 2.24) is 70.8 Å². The summed E-state index contributed by atoms with van der Waals surface area (Å²) in [6.45, 7) is 2.10. The van der Waals surface area contributed by atoms with Crippen LogP contribution in [0.5, 0.6) is 11.5 Å². The zero-order valence-electron chi connectivity index (χ0n) is 60.2. The fraction of sp³-hybridized carbons (Fsp3) is 0.529. The minimum absolute atomic E-state index is 0.113. The molecule has 12 atom stereocenters. The van der Waals surface area contributed by atoms with E-state index in [1.165, 1.54) is 50.6 Å². The van der Waals surface area contributed by atoms with E-state index in [9.17, 15) is 67.7 Å². The minimum atomic E-state index is -2.21. The summed E-state index contributed by atoms with van der Waals surface area (Å²) >= 11 is 0. The van der Waals surface area contributed by atoms with E-state index in [2.05, 4.69) is 51.4 Å². The van der Waals surface area contributed by atoms with E-state index >= 15 is 9.59 Å². The SMILES string of the molecule is COc1ccc2nc(C(=O)NC3COC(=O)C(C(C)(C)O)N(C)C(=O)CN(C)C(=O)CNC(=O)C4C(OC(=O)C5CC5C)CC=NN4C(=O)C(NC(=O)c4cnc5cc(OC)ccc5n4)COC(=O)C(C(C)(C)O)N(C)C(=O)CN(C)C(=O)CNC(=O)C4C(OC(=O)C5CC5C)CC=NN4C3=O)cnc2c1. The zero-order valence-corrected chi connectivity index (χ0v) is 60.2. The number of hydrogen-bond donors (Lipinski definition) is 6. The average molecular weight is 1480 g/mol. The Balaban J connectivity index is 1.06. The number of rotatable bonds is 12. The number of nitrogens with zero attached hydrogens (tertiary/aromatic N) is 12. The predicted octanol–water partition coefficient (Wildman–Crippen LogP) is -2.76. The van der Waals surface area contributed by atoms with E-state index in [-0.39, 0.29) is 47.1 Å². The molecule has 10 amide bonds. The van der Waals surface area contributed by atoms with Crippen molar-refractivity contribution in [3.63, 3.8) is 0 Å². The van der Waals surface area contributed by atoms with Gasteiger partial charge >= 0.3 is 23.9 Å². The number of carbonyl (C=O) groups is 14. The Labute approximate surface area is 606 Å². The molecule has 38 heteroatoms. The highest BCUT2D eigenvalue weighted by Crippen LogP contribution is 2.40. The van der Waals surface area contributed by atoms with E-state index in [1.807, 2.05) is 0 Å². The van der Waals surface area contributed by atoms with Crippen LogP contribution in [0.25, 0.3) is 22.1 Å². The molecule has 5 heterocycles. The van der Waals surface area contributed by atoms with E-state index in [1.54, 1.807) is 13.8 Å². The number of aliphatic hydroxyl groups is 2. The fourth-order valence-corrected chi connectivity index (χ4v) is 12.0. The third kappa shape index (κ3) is 18.5. The van der Waals surface area contributed by atoms with Crippen LogP contribution in [-0.2, 0) is 76.5 Å². The van der Waals surface area contributed by atoms with Crippen molar-refractivity contribution in [2.45, 2.75) is 127 Å². The second-order valence-electron chi connectivity index (χ2n) is 27.5. The molecule has 9 rings (SSSR count). The summed E-state index contributed by atoms with van der Waals surface area (Å²) in [5.74, 6) is -16.2. The first-order chi connectivity index (χ1) is 50.0. The summed E-state index contributed by atoms with van der Waals surface area (Å²) in [5.41, 5.74) is -4.24. The van der Waals surface area contributed by atoms with Crippen LogP contribution >= 0.6 is 0 Å². The van der Waals surface area contributed by atoms with Crippen LogP contribution in [0, 0.1) is 23.7 Å². The molecular formula is C68H84N16O22. The highest BCUT2D eigenvalue weighted by molar-refractivity contribution is 6.02. The number of hydrazone groups is 2. The molecule has 6 N–H and O–H groups in total. The molecule has 106 heavy (non-hydrogen) atoms. The lowest BCUT2D eigenvalue weighted by atomic mass is 9.97. The number of fused-ring (bicyclic) bond motifs is 4. The summed E-state index contributed by atoms with van der Waals surface area (Å²) in [7, 11) is 7.25. The van der Waals surface area contributed by atoms with E-state index in [0.717, 1.165) is 100 Å². The Morgan fingerprint density at radius 3 is 1.24 bits per heavy atom. The molecule has 2 aliphatic carbocycles. The van der Waals surface area contributed by atoms with E-state index in [4.69, 9.17) is 28.4 Å². The summed E-state index contributed by atoms with van der Waals surface area (Å²) in [4.78, 5) is 222. The van der Waals surface area contributed by atoms with Gasteiger partial charge in [-0.3, -0.25) is 67.5 Å². The summed E-state index contributed by atoms with van der Waals surface area (Å²) < 4.78 is 33.6. The molecule has 1 saturated heterocycles. The molecule has 3 fully saturated rings. The first kappa shape index (κ1) is 78.7. The number of esters is 4. The predicted molar refractivity (Wildman–Crippen MR) is 365 cm³/mol. The zero-order chi connectivity index (χ0) is 77.5. The fourth-order valence-electron chi connectivity index (χ4n) is 12.0. The van der Waals surface area contributed by atoms with Crippen LogP contribution in [-0.4, -0.2) is 297 Å². The van der Waals surface area contributed by atoms with Crippen molar-refractivity contribution in [2.75, 3.05) is 81.8 Å². The number of methoxy groups -OCH3 is 2. The maximum Gasteiger partial charge on any atom is 0.331 e. The highest BCUT2D eigenvalue weighted by atomic mass is 16.6. The van der Waals surface area contributed by atoms with Crippen LogP contribution in [0.4, 0.5) is 0 Å². The normalized spacial score (nSPS) is 26.1. The van der Waals surface area contributed by atoms with Gasteiger partial charge in [0.05, 0.1) is 97.9 Å². The number of ether oxygens (including phenoxy) is 6. The van der Waals surface area contributed by atoms with E-state index < -0.39 is 194 Å². The van der Waals surface area contributed by atoms with Crippen LogP contribution in [0.3, 0.4) is 0 Å². The van der Waals surface area contributed by atoms with Gasteiger partial charge in [-0.1, -0.05) is 13.8 Å². The molecule has 0 radical (unpaired) electrons. The molecule has 5 aliphatic rings. The molecule has 2 saturated carbocycles. The summed E-state index contributed by atoms with van der Waals surface area (Å²) in [6.07, 6.45) is 1.54. The van der Waals surface area contributed by atoms with Crippen LogP contribution in [0.2, 0.25) is 0 Å². The number of hydrogen-bond acceptors (Lipinski definition) is 28. The van der Waals surface area contributed by atoms with Gasteiger partial charge in [0, 0.05) is 65.6 Å². The minimum Gasteiger partial charge on any atom is -0.497 e. The Morgan fingerprint density at radius 1 is 0.547 bits per heavy atom. The summed E-state index contributed by atoms with van der Waals surface area (Å²) in [6, 6.07) is -2.94. The molecule has 38 nitrogen and oxygen atoms in total. The van der Waals surface area contributed by atoms with Gasteiger partial charge in [-0.15, -0.1) is 0 Å². The van der Waals surface area contributed by atoms with Crippen LogP contribution in [0.15, 0.2) is 59.0 Å². The van der Waals surface area contributed by atoms with E-state index in [0.29, 0.717) is 45.4 Å². The second kappa shape index (κ2) is 32.7. The van der Waals surface area contributed by atoms with Crippen molar-refractivity contribution in [3.05, 3.63) is 60.2 Å². The lowest BCUT2D eigenvalue weighted by Crippen LogP contribution is -2.62. The average Bonchev–Trinajstić information content (AvgIpc) is 1.15. The molecule has 0 bridgehead atoms. The lowest BCUT2D eigenvalue weighted by Gasteiger charge is -2.37. The van der Waals surface area contributed by atoms with Crippen molar-refractivity contribution < 1.29 is 106 Å². The van der Waals surface area contributed by atoms with Crippen molar-refractivity contribution in [3.8, 4) is 11.5 Å². The lowest BCUT2D eigenvalue weighted by molar-refractivity contribution is -0.168. The van der Waals surface area contributed by atoms with Gasteiger partial charge in [0.1, 0.15) is 60.4 Å². The van der Waals surface area contributed by atoms with Gasteiger partial charge in [0.2, 0.25) is 35.4 Å². The number of aromatic nitrogens is 4. The Bertz CT molecular complexity index is 3950. The third-order valence-corrected chi connectivity index (χ3v) is 18.4. The molecule has 2 aromatic heterocycles. The largest absolute Gasteiger partial charge is 0.497 e. The number of benzene rings is 2. The quantitative estimate of drug-likeness (QED) is 0.0618. The number of carbonyl (C=O) groups excluding carboxylic acids is 14. The first-order valence-corrected chi connectivity index (χ1v) is 33.7.